The second-order valence-electron chi connectivity index (χ2n) is 11.8. The minimum Gasteiger partial charge on any atom is -0.481 e. The largest absolute Gasteiger partial charge is 0.481 e. The van der Waals surface area contributed by atoms with Crippen molar-refractivity contribution in [3.8, 4) is 11.1 Å². The molecule has 8 heteroatoms. The molecule has 0 radical (unpaired) electrons. The van der Waals surface area contributed by atoms with Crippen molar-refractivity contribution in [3.63, 3.8) is 0 Å². The van der Waals surface area contributed by atoms with Gasteiger partial charge in [0.2, 0.25) is 5.91 Å². The molecule has 2 amide bonds. The summed E-state index contributed by atoms with van der Waals surface area (Å²) in [5, 5.41) is 15.5. The fourth-order valence-corrected chi connectivity index (χ4v) is 6.85. The summed E-state index contributed by atoms with van der Waals surface area (Å²) in [5.41, 5.74) is 4.57. The van der Waals surface area contributed by atoms with Crippen molar-refractivity contribution in [1.82, 2.24) is 15.5 Å². The first kappa shape index (κ1) is 28.0. The Hall–Kier alpha value is -4.17. The van der Waals surface area contributed by atoms with Crippen molar-refractivity contribution in [1.29, 1.82) is 0 Å². The first-order chi connectivity index (χ1) is 20.4. The van der Waals surface area contributed by atoms with E-state index in [1.54, 1.807) is 0 Å². The summed E-state index contributed by atoms with van der Waals surface area (Å²) >= 11 is 0. The number of hydrogen-bond acceptors (Lipinski definition) is 5. The second-order valence-corrected chi connectivity index (χ2v) is 11.8. The second kappa shape index (κ2) is 12.0. The first-order valence-corrected chi connectivity index (χ1v) is 14.8. The van der Waals surface area contributed by atoms with Gasteiger partial charge >= 0.3 is 12.1 Å². The molecule has 1 saturated heterocycles. The van der Waals surface area contributed by atoms with Crippen LogP contribution in [0.4, 0.5) is 4.79 Å². The molecular formula is C34H37N3O5. The Morgan fingerprint density at radius 2 is 1.48 bits per heavy atom. The van der Waals surface area contributed by atoms with Crippen LogP contribution in [0.3, 0.4) is 0 Å². The Kier molecular flexibility index (Phi) is 7.98. The number of hydrogen-bond donors (Lipinski definition) is 3. The van der Waals surface area contributed by atoms with Gasteiger partial charge in [0.05, 0.1) is 5.92 Å². The molecule has 8 nitrogen and oxygen atoms in total. The maximum absolute atomic E-state index is 13.8. The van der Waals surface area contributed by atoms with Gasteiger partial charge in [-0.05, 0) is 59.9 Å². The summed E-state index contributed by atoms with van der Waals surface area (Å²) in [6, 6.07) is 26.3. The van der Waals surface area contributed by atoms with Crippen LogP contribution in [0.15, 0.2) is 78.9 Å². The lowest BCUT2D eigenvalue weighted by molar-refractivity contribution is -0.142. The predicted molar refractivity (Wildman–Crippen MR) is 159 cm³/mol. The molecule has 3 N–H and O–H groups in total. The fourth-order valence-electron chi connectivity index (χ4n) is 6.85. The normalized spacial score (nSPS) is 23.5. The number of benzene rings is 3. The van der Waals surface area contributed by atoms with E-state index in [-0.39, 0.29) is 30.4 Å². The molecule has 3 aromatic rings. The molecule has 6 rings (SSSR count). The van der Waals surface area contributed by atoms with E-state index < -0.39 is 17.6 Å². The van der Waals surface area contributed by atoms with Crippen LogP contribution in [0.25, 0.3) is 11.1 Å². The highest BCUT2D eigenvalue weighted by atomic mass is 16.5. The highest BCUT2D eigenvalue weighted by Gasteiger charge is 2.47. The Bertz CT molecular complexity index is 1410. The predicted octanol–water partition coefficient (Wildman–Crippen LogP) is 4.93. The van der Waals surface area contributed by atoms with E-state index in [1.807, 2.05) is 42.5 Å². The van der Waals surface area contributed by atoms with Crippen molar-refractivity contribution >= 4 is 18.0 Å². The number of ether oxygens (including phenoxy) is 1. The molecule has 2 fully saturated rings. The third kappa shape index (κ3) is 5.77. The van der Waals surface area contributed by atoms with Crippen LogP contribution in [0.5, 0.6) is 0 Å². The van der Waals surface area contributed by atoms with E-state index in [9.17, 15) is 19.5 Å². The number of carboxylic acid groups (broad SMARTS) is 1. The molecule has 1 saturated carbocycles. The van der Waals surface area contributed by atoms with Gasteiger partial charge in [0.1, 0.15) is 12.1 Å². The van der Waals surface area contributed by atoms with Crippen LogP contribution in [-0.4, -0.2) is 59.3 Å². The highest BCUT2D eigenvalue weighted by Crippen LogP contribution is 2.44. The lowest BCUT2D eigenvalue weighted by Gasteiger charge is -2.33. The van der Waals surface area contributed by atoms with Crippen molar-refractivity contribution < 1.29 is 24.2 Å². The number of fused-ring (bicyclic) bond motifs is 3. The van der Waals surface area contributed by atoms with E-state index in [2.05, 4.69) is 51.9 Å². The molecule has 2 aliphatic carbocycles. The summed E-state index contributed by atoms with van der Waals surface area (Å²) < 4.78 is 5.85. The molecule has 0 spiro atoms. The SMILES string of the molecule is O=C(NC1(C(=O)NC2CCC(C(=O)O)CC2)CCN(Cc2ccccc2)C1)OCC1c2ccccc2-c2ccccc21. The number of rotatable bonds is 8. The summed E-state index contributed by atoms with van der Waals surface area (Å²) in [6.07, 6.45) is 2.14. The molecule has 42 heavy (non-hydrogen) atoms. The van der Waals surface area contributed by atoms with E-state index in [0.717, 1.165) is 27.8 Å². The van der Waals surface area contributed by atoms with E-state index in [0.29, 0.717) is 51.7 Å². The monoisotopic (exact) mass is 567 g/mol. The number of likely N-dealkylation sites (tertiary alicyclic amines) is 1. The van der Waals surface area contributed by atoms with Gasteiger partial charge in [-0.15, -0.1) is 0 Å². The number of carboxylic acids is 1. The van der Waals surface area contributed by atoms with Crippen molar-refractivity contribution in [2.75, 3.05) is 19.7 Å². The van der Waals surface area contributed by atoms with Crippen LogP contribution in [0.1, 0.15) is 54.7 Å². The van der Waals surface area contributed by atoms with Gasteiger partial charge in [-0.3, -0.25) is 14.5 Å². The van der Waals surface area contributed by atoms with E-state index in [4.69, 9.17) is 4.74 Å². The highest BCUT2D eigenvalue weighted by molar-refractivity contribution is 5.91. The van der Waals surface area contributed by atoms with E-state index in [1.165, 1.54) is 0 Å². The van der Waals surface area contributed by atoms with Gasteiger partial charge in [0.25, 0.3) is 0 Å². The minimum absolute atomic E-state index is 0.0736. The molecule has 0 bridgehead atoms. The van der Waals surface area contributed by atoms with Gasteiger partial charge in [-0.25, -0.2) is 4.79 Å². The van der Waals surface area contributed by atoms with Crippen LogP contribution in [-0.2, 0) is 20.9 Å². The maximum Gasteiger partial charge on any atom is 0.408 e. The van der Waals surface area contributed by atoms with Crippen molar-refractivity contribution in [2.24, 2.45) is 5.92 Å². The van der Waals surface area contributed by atoms with Crippen LogP contribution in [0.2, 0.25) is 0 Å². The van der Waals surface area contributed by atoms with E-state index >= 15 is 0 Å². The fraction of sp³-hybridized carbons (Fsp3) is 0.382. The Balaban J connectivity index is 1.15. The van der Waals surface area contributed by atoms with Gasteiger partial charge in [0.15, 0.2) is 0 Å². The molecule has 218 valence electrons. The molecule has 3 aliphatic rings. The van der Waals surface area contributed by atoms with Crippen molar-refractivity contribution in [3.05, 3.63) is 95.6 Å². The number of carbonyl (C=O) groups excluding carboxylic acids is 2. The Morgan fingerprint density at radius 1 is 0.857 bits per heavy atom. The lowest BCUT2D eigenvalue weighted by atomic mass is 9.85. The number of nitrogens with zero attached hydrogens (tertiary/aromatic N) is 1. The summed E-state index contributed by atoms with van der Waals surface area (Å²) in [4.78, 5) is 40.8. The number of alkyl carbamates (subject to hydrolysis) is 1. The summed E-state index contributed by atoms with van der Waals surface area (Å²) in [5.74, 6) is -1.44. The number of amides is 2. The third-order valence-corrected chi connectivity index (χ3v) is 9.13. The van der Waals surface area contributed by atoms with Gasteiger partial charge in [-0.2, -0.15) is 0 Å². The van der Waals surface area contributed by atoms with Crippen LogP contribution >= 0.6 is 0 Å². The zero-order valence-corrected chi connectivity index (χ0v) is 23.6. The molecule has 0 aromatic heterocycles. The number of carbonyl (C=O) groups is 3. The topological polar surface area (TPSA) is 108 Å². The lowest BCUT2D eigenvalue weighted by Crippen LogP contribution is -2.62. The molecule has 1 heterocycles. The quantitative estimate of drug-likeness (QED) is 0.356. The molecule has 1 aliphatic heterocycles. The first-order valence-electron chi connectivity index (χ1n) is 14.8. The number of aliphatic carboxylic acids is 1. The van der Waals surface area contributed by atoms with Crippen molar-refractivity contribution in [2.45, 2.75) is 56.1 Å². The number of nitrogens with one attached hydrogen (secondary N) is 2. The zero-order chi connectivity index (χ0) is 29.1. The summed E-state index contributed by atoms with van der Waals surface area (Å²) in [6.45, 7) is 1.86. The average molecular weight is 568 g/mol. The standard InChI is InChI=1S/C34H37N3O5/c38-31(39)24-14-16-25(17-15-24)35-32(40)34(18-19-37(22-34)20-23-8-2-1-3-9-23)36-33(41)42-21-30-28-12-6-4-10-26(28)27-11-5-7-13-29(27)30/h1-13,24-25,30H,14-22H2,(H,35,40)(H,36,41)(H,38,39). The minimum atomic E-state index is -1.14. The van der Waals surface area contributed by atoms with Gasteiger partial charge < -0.3 is 20.5 Å². The molecule has 3 aromatic carbocycles. The Labute approximate surface area is 246 Å². The Morgan fingerprint density at radius 3 is 2.12 bits per heavy atom. The zero-order valence-electron chi connectivity index (χ0n) is 23.6. The molecular weight excluding hydrogens is 530 g/mol. The van der Waals surface area contributed by atoms with Crippen LogP contribution in [0, 0.1) is 5.92 Å². The molecule has 1 unspecified atom stereocenters. The van der Waals surface area contributed by atoms with Gasteiger partial charge in [-0.1, -0.05) is 78.9 Å². The summed E-state index contributed by atoms with van der Waals surface area (Å²) in [7, 11) is 0. The van der Waals surface area contributed by atoms with Crippen LogP contribution < -0.4 is 10.6 Å². The van der Waals surface area contributed by atoms with Gasteiger partial charge in [0, 0.05) is 31.6 Å². The third-order valence-electron chi connectivity index (χ3n) is 9.13. The average Bonchev–Trinajstić information content (AvgIpc) is 3.56. The molecule has 1 atom stereocenters. The maximum atomic E-state index is 13.8. The smallest absolute Gasteiger partial charge is 0.408 e.